The zero-order valence-corrected chi connectivity index (χ0v) is 13.6. The first kappa shape index (κ1) is 14.7. The number of nitrogens with one attached hydrogen (secondary N) is 1. The molecule has 0 saturated carbocycles. The maximum atomic E-state index is 5.48. The zero-order valence-electron chi connectivity index (χ0n) is 13.6. The van der Waals surface area contributed by atoms with E-state index in [2.05, 4.69) is 52.7 Å². The number of hydrogen-bond donors (Lipinski definition) is 1. The highest BCUT2D eigenvalue weighted by Gasteiger charge is 2.46. The van der Waals surface area contributed by atoms with Crippen molar-refractivity contribution in [2.24, 2.45) is 5.92 Å². The zero-order chi connectivity index (χ0) is 15.6. The first-order valence-electron chi connectivity index (χ1n) is 8.51. The molecule has 2 heterocycles. The Hall–Kier alpha value is -1.84. The fourth-order valence-electron chi connectivity index (χ4n) is 4.27. The predicted octanol–water partition coefficient (Wildman–Crippen LogP) is 3.23. The van der Waals surface area contributed by atoms with Crippen molar-refractivity contribution in [2.45, 2.75) is 25.0 Å². The van der Waals surface area contributed by atoms with Gasteiger partial charge in [-0.3, -0.25) is 4.90 Å². The highest BCUT2D eigenvalue weighted by Crippen LogP contribution is 2.42. The number of rotatable bonds is 5. The smallest absolute Gasteiger partial charge is 0.123 e. The molecule has 0 aromatic heterocycles. The molecule has 3 heteroatoms. The van der Waals surface area contributed by atoms with Crippen molar-refractivity contribution in [3.8, 4) is 5.75 Å². The van der Waals surface area contributed by atoms with Gasteiger partial charge in [-0.05, 0) is 30.5 Å². The lowest BCUT2D eigenvalue weighted by atomic mass is 9.89. The number of hydrogen-bond acceptors (Lipinski definition) is 3. The Morgan fingerprint density at radius 1 is 1.09 bits per heavy atom. The Morgan fingerprint density at radius 2 is 1.87 bits per heavy atom. The minimum atomic E-state index is 0.504. The van der Waals surface area contributed by atoms with Crippen molar-refractivity contribution in [1.29, 1.82) is 0 Å². The number of ether oxygens (including phenoxy) is 1. The molecule has 0 aliphatic carbocycles. The van der Waals surface area contributed by atoms with Crippen molar-refractivity contribution in [3.63, 3.8) is 0 Å². The summed E-state index contributed by atoms with van der Waals surface area (Å²) in [5, 5.41) is 3.83. The van der Waals surface area contributed by atoms with E-state index in [0.717, 1.165) is 18.2 Å². The summed E-state index contributed by atoms with van der Waals surface area (Å²) in [5.74, 6) is 1.73. The fraction of sp³-hybridized carbons (Fsp3) is 0.400. The molecule has 1 N–H and O–H groups in total. The topological polar surface area (TPSA) is 24.5 Å². The fourth-order valence-corrected chi connectivity index (χ4v) is 4.27. The quantitative estimate of drug-likeness (QED) is 0.918. The number of fused-ring (bicyclic) bond motifs is 2. The summed E-state index contributed by atoms with van der Waals surface area (Å²) in [6.07, 6.45) is 1.31. The van der Waals surface area contributed by atoms with Crippen molar-refractivity contribution >= 4 is 0 Å². The molecule has 4 rings (SSSR count). The lowest BCUT2D eigenvalue weighted by molar-refractivity contribution is 0.217. The van der Waals surface area contributed by atoms with E-state index in [4.69, 9.17) is 4.74 Å². The molecule has 2 saturated heterocycles. The van der Waals surface area contributed by atoms with Gasteiger partial charge in [0.05, 0.1) is 13.2 Å². The molecule has 0 radical (unpaired) electrons. The summed E-state index contributed by atoms with van der Waals surface area (Å²) in [7, 11) is 1.74. The molecule has 2 aromatic rings. The van der Waals surface area contributed by atoms with Crippen LogP contribution in [-0.2, 0) is 6.54 Å². The molecule has 2 aliphatic rings. The van der Waals surface area contributed by atoms with Crippen LogP contribution in [0.3, 0.4) is 0 Å². The van der Waals surface area contributed by atoms with Crippen LogP contribution in [-0.4, -0.2) is 31.1 Å². The predicted molar refractivity (Wildman–Crippen MR) is 92.5 cm³/mol. The van der Waals surface area contributed by atoms with Gasteiger partial charge in [0.15, 0.2) is 0 Å². The molecule has 4 atom stereocenters. The van der Waals surface area contributed by atoms with Crippen LogP contribution in [0.5, 0.6) is 5.75 Å². The van der Waals surface area contributed by atoms with E-state index in [1.165, 1.54) is 30.6 Å². The van der Waals surface area contributed by atoms with Crippen LogP contribution in [0, 0.1) is 5.92 Å². The number of nitrogens with zero attached hydrogens (tertiary/aromatic N) is 1. The van der Waals surface area contributed by atoms with Gasteiger partial charge >= 0.3 is 0 Å². The third-order valence-corrected chi connectivity index (χ3v) is 5.36. The highest BCUT2D eigenvalue weighted by molar-refractivity contribution is 5.33. The molecule has 2 aromatic carbocycles. The van der Waals surface area contributed by atoms with Crippen molar-refractivity contribution in [2.75, 3.05) is 20.2 Å². The first-order valence-corrected chi connectivity index (χ1v) is 8.51. The molecule has 2 fully saturated rings. The summed E-state index contributed by atoms with van der Waals surface area (Å²) in [6, 6.07) is 20.3. The van der Waals surface area contributed by atoms with E-state index in [-0.39, 0.29) is 0 Å². The molecule has 23 heavy (non-hydrogen) atoms. The third kappa shape index (κ3) is 2.75. The van der Waals surface area contributed by atoms with Crippen LogP contribution >= 0.6 is 0 Å². The maximum absolute atomic E-state index is 5.48. The highest BCUT2D eigenvalue weighted by atomic mass is 16.5. The second-order valence-electron chi connectivity index (χ2n) is 6.62. The molecular formula is C20H24N2O. The Balaban J connectivity index is 1.53. The lowest BCUT2D eigenvalue weighted by Crippen LogP contribution is -2.42. The van der Waals surface area contributed by atoms with Crippen LogP contribution in [0.15, 0.2) is 54.6 Å². The Morgan fingerprint density at radius 3 is 2.70 bits per heavy atom. The van der Waals surface area contributed by atoms with Crippen molar-refractivity contribution in [3.05, 3.63) is 65.7 Å². The normalized spacial score (nSPS) is 28.9. The van der Waals surface area contributed by atoms with E-state index in [0.29, 0.717) is 12.1 Å². The van der Waals surface area contributed by atoms with Gasteiger partial charge in [-0.2, -0.15) is 0 Å². The van der Waals surface area contributed by atoms with Gasteiger partial charge in [-0.25, -0.2) is 0 Å². The molecule has 2 aliphatic heterocycles. The minimum absolute atomic E-state index is 0.504. The van der Waals surface area contributed by atoms with E-state index < -0.39 is 0 Å². The standard InChI is InChI=1S/C20H24N2O/c1-23-18-10-6-5-9-16(18)13-21-19-17-11-12-22(14-17)20(19)15-7-3-2-4-8-15/h2-10,17,19-21H,11-14H2,1H3/t17-,19-,20-/m0/s1. The van der Waals surface area contributed by atoms with Gasteiger partial charge in [0.2, 0.25) is 0 Å². The van der Waals surface area contributed by atoms with Gasteiger partial charge < -0.3 is 10.1 Å². The van der Waals surface area contributed by atoms with Gasteiger partial charge in [-0.1, -0.05) is 48.5 Å². The Bertz CT molecular complexity index is 658. The van der Waals surface area contributed by atoms with Crippen LogP contribution in [0.25, 0.3) is 0 Å². The maximum Gasteiger partial charge on any atom is 0.123 e. The van der Waals surface area contributed by atoms with Crippen LogP contribution < -0.4 is 10.1 Å². The second kappa shape index (κ2) is 6.34. The average molecular weight is 308 g/mol. The largest absolute Gasteiger partial charge is 0.496 e. The molecule has 120 valence electrons. The SMILES string of the molecule is COc1ccccc1CN[C@H]1[C@H]2CC[N@@](C2)[C@H]1c1ccccc1. The summed E-state index contributed by atoms with van der Waals surface area (Å²) in [6.45, 7) is 3.32. The van der Waals surface area contributed by atoms with E-state index >= 15 is 0 Å². The van der Waals surface area contributed by atoms with Crippen LogP contribution in [0.2, 0.25) is 0 Å². The number of methoxy groups -OCH3 is 1. The first-order chi connectivity index (χ1) is 11.4. The minimum Gasteiger partial charge on any atom is -0.496 e. The van der Waals surface area contributed by atoms with Gasteiger partial charge in [0.25, 0.3) is 0 Å². The average Bonchev–Trinajstić information content (AvgIpc) is 3.22. The summed E-state index contributed by atoms with van der Waals surface area (Å²) in [4.78, 5) is 2.64. The number of benzene rings is 2. The number of piperidine rings is 1. The van der Waals surface area contributed by atoms with Crippen molar-refractivity contribution in [1.82, 2.24) is 10.2 Å². The Labute approximate surface area is 138 Å². The summed E-state index contributed by atoms with van der Waals surface area (Å²) < 4.78 is 5.48. The molecule has 0 amide bonds. The number of para-hydroxylation sites is 1. The van der Waals surface area contributed by atoms with Gasteiger partial charge in [0.1, 0.15) is 5.75 Å². The third-order valence-electron chi connectivity index (χ3n) is 5.36. The van der Waals surface area contributed by atoms with E-state index in [1.807, 2.05) is 12.1 Å². The van der Waals surface area contributed by atoms with E-state index in [1.54, 1.807) is 7.11 Å². The van der Waals surface area contributed by atoms with E-state index in [9.17, 15) is 0 Å². The monoisotopic (exact) mass is 308 g/mol. The van der Waals surface area contributed by atoms with Gasteiger partial charge in [0, 0.05) is 24.7 Å². The summed E-state index contributed by atoms with van der Waals surface area (Å²) in [5.41, 5.74) is 2.67. The molecule has 3 nitrogen and oxygen atoms in total. The van der Waals surface area contributed by atoms with Gasteiger partial charge in [-0.15, -0.1) is 0 Å². The van der Waals surface area contributed by atoms with Crippen LogP contribution in [0.1, 0.15) is 23.6 Å². The second-order valence-corrected chi connectivity index (χ2v) is 6.62. The molecular weight excluding hydrogens is 284 g/mol. The molecule has 0 spiro atoms. The van der Waals surface area contributed by atoms with Crippen LogP contribution in [0.4, 0.5) is 0 Å². The molecule has 0 unspecified atom stereocenters. The lowest BCUT2D eigenvalue weighted by Gasteiger charge is -2.33. The summed E-state index contributed by atoms with van der Waals surface area (Å²) >= 11 is 0. The molecule has 2 bridgehead atoms. The Kier molecular flexibility index (Phi) is 4.06. The van der Waals surface area contributed by atoms with Crippen molar-refractivity contribution < 1.29 is 4.74 Å².